The molecule has 0 radical (unpaired) electrons. The van der Waals surface area contributed by atoms with Crippen molar-refractivity contribution in [3.05, 3.63) is 65.8 Å². The average molecular weight is 437 g/mol. The summed E-state index contributed by atoms with van der Waals surface area (Å²) in [6.45, 7) is 22.7. The zero-order valence-electron chi connectivity index (χ0n) is 22.6. The van der Waals surface area contributed by atoms with Crippen molar-refractivity contribution in [1.29, 1.82) is 0 Å². The van der Waals surface area contributed by atoms with Gasteiger partial charge in [0.15, 0.2) is 0 Å². The molecule has 0 aromatic heterocycles. The van der Waals surface area contributed by atoms with Crippen LogP contribution in [0.2, 0.25) is 0 Å². The molecule has 0 spiro atoms. The van der Waals surface area contributed by atoms with Gasteiger partial charge in [-0.3, -0.25) is 0 Å². The summed E-state index contributed by atoms with van der Waals surface area (Å²) in [5, 5.41) is 0. The van der Waals surface area contributed by atoms with E-state index in [1.165, 1.54) is 61.6 Å². The van der Waals surface area contributed by atoms with E-state index in [0.717, 1.165) is 23.8 Å². The Kier molecular flexibility index (Phi) is 13.0. The highest BCUT2D eigenvalue weighted by Gasteiger charge is 2.26. The molecule has 2 unspecified atom stereocenters. The minimum Gasteiger partial charge on any atom is -0.0961 e. The van der Waals surface area contributed by atoms with Crippen LogP contribution in [0.3, 0.4) is 0 Å². The van der Waals surface area contributed by atoms with Crippen molar-refractivity contribution in [2.24, 2.45) is 17.3 Å². The van der Waals surface area contributed by atoms with Gasteiger partial charge in [0.2, 0.25) is 0 Å². The molecule has 0 bridgehead atoms. The molecule has 32 heavy (non-hydrogen) atoms. The first-order valence-electron chi connectivity index (χ1n) is 13.3. The maximum absolute atomic E-state index is 3.99. The van der Waals surface area contributed by atoms with Crippen LogP contribution in [0.4, 0.5) is 0 Å². The van der Waals surface area contributed by atoms with Crippen LogP contribution in [0.5, 0.6) is 0 Å². The van der Waals surface area contributed by atoms with Gasteiger partial charge in [0, 0.05) is 0 Å². The molecule has 0 aliphatic heterocycles. The number of allylic oxidation sites excluding steroid dienone is 5. The van der Waals surface area contributed by atoms with Crippen molar-refractivity contribution >= 4 is 5.57 Å². The Morgan fingerprint density at radius 1 is 0.906 bits per heavy atom. The van der Waals surface area contributed by atoms with Crippen LogP contribution >= 0.6 is 0 Å². The smallest absolute Gasteiger partial charge is 0.0164 e. The first-order valence-corrected chi connectivity index (χ1v) is 13.3. The molecule has 0 nitrogen and oxygen atoms in total. The number of benzene rings is 1. The third-order valence-corrected chi connectivity index (χ3v) is 7.70. The molecule has 0 N–H and O–H groups in total. The van der Waals surface area contributed by atoms with E-state index in [-0.39, 0.29) is 0 Å². The number of hydrogen-bond acceptors (Lipinski definition) is 0. The lowest BCUT2D eigenvalue weighted by Crippen LogP contribution is -2.23. The fourth-order valence-corrected chi connectivity index (χ4v) is 4.84. The Morgan fingerprint density at radius 3 is 2.03 bits per heavy atom. The van der Waals surface area contributed by atoms with E-state index in [4.69, 9.17) is 0 Å². The highest BCUT2D eigenvalue weighted by Crippen LogP contribution is 2.37. The Morgan fingerprint density at radius 2 is 1.53 bits per heavy atom. The van der Waals surface area contributed by atoms with Crippen LogP contribution in [0.25, 0.3) is 5.57 Å². The SMILES string of the molecule is C=C(C)/C=C\C(=C/CC)c1ccc([C@H](CC)CCC(C)CCC(CC)C(C)(C)CC)cc1. The largest absolute Gasteiger partial charge is 0.0961 e. The zero-order valence-corrected chi connectivity index (χ0v) is 22.6. The van der Waals surface area contributed by atoms with Crippen molar-refractivity contribution in [1.82, 2.24) is 0 Å². The average Bonchev–Trinajstić information content (AvgIpc) is 2.77. The van der Waals surface area contributed by atoms with Gasteiger partial charge >= 0.3 is 0 Å². The van der Waals surface area contributed by atoms with Crippen molar-refractivity contribution in [2.75, 3.05) is 0 Å². The van der Waals surface area contributed by atoms with Gasteiger partial charge in [-0.2, -0.15) is 0 Å². The quantitative estimate of drug-likeness (QED) is 0.240. The van der Waals surface area contributed by atoms with Crippen molar-refractivity contribution in [3.63, 3.8) is 0 Å². The highest BCUT2D eigenvalue weighted by atomic mass is 14.3. The Hall–Kier alpha value is -1.56. The maximum atomic E-state index is 3.99. The lowest BCUT2D eigenvalue weighted by Gasteiger charge is -2.33. The molecule has 1 aromatic carbocycles. The predicted octanol–water partition coefficient (Wildman–Crippen LogP) is 10.8. The van der Waals surface area contributed by atoms with Gasteiger partial charge in [0.05, 0.1) is 0 Å². The first-order chi connectivity index (χ1) is 15.2. The lowest BCUT2D eigenvalue weighted by molar-refractivity contribution is 0.173. The van der Waals surface area contributed by atoms with Gasteiger partial charge in [-0.15, -0.1) is 0 Å². The molecular formula is C32H52. The standard InChI is InChI=1S/C32H52/c1-10-14-28(18-15-25(5)6)30-22-20-29(21-23-30)27(11-2)19-16-26(7)17-24-31(12-3)32(8,9)13-4/h14-15,18,20-23,26-27,31H,5,10-13,16-17,19,24H2,1-4,6-9H3/b18-15-,28-14+/t26?,27-,31?/m1/s1. The summed E-state index contributed by atoms with van der Waals surface area (Å²) in [6.07, 6.45) is 16.9. The molecule has 0 saturated carbocycles. The second-order valence-electron chi connectivity index (χ2n) is 10.7. The van der Waals surface area contributed by atoms with Crippen LogP contribution < -0.4 is 0 Å². The van der Waals surface area contributed by atoms with E-state index in [0.29, 0.717) is 11.3 Å². The van der Waals surface area contributed by atoms with Gasteiger partial charge in [0.25, 0.3) is 0 Å². The predicted molar refractivity (Wildman–Crippen MR) is 147 cm³/mol. The van der Waals surface area contributed by atoms with Gasteiger partial charge in [-0.05, 0) is 72.5 Å². The van der Waals surface area contributed by atoms with Crippen LogP contribution in [0.15, 0.2) is 54.6 Å². The molecule has 0 amide bonds. The molecule has 0 aliphatic rings. The monoisotopic (exact) mass is 436 g/mol. The molecule has 0 aliphatic carbocycles. The maximum Gasteiger partial charge on any atom is -0.0164 e. The Balaban J connectivity index is 2.72. The van der Waals surface area contributed by atoms with E-state index in [2.05, 4.69) is 97.5 Å². The van der Waals surface area contributed by atoms with Gasteiger partial charge in [-0.25, -0.2) is 0 Å². The first kappa shape index (κ1) is 28.5. The van der Waals surface area contributed by atoms with Gasteiger partial charge in [0.1, 0.15) is 0 Å². The molecule has 0 fully saturated rings. The fourth-order valence-electron chi connectivity index (χ4n) is 4.84. The topological polar surface area (TPSA) is 0 Å². The van der Waals surface area contributed by atoms with Crippen LogP contribution in [-0.2, 0) is 0 Å². The van der Waals surface area contributed by atoms with Gasteiger partial charge < -0.3 is 0 Å². The minimum absolute atomic E-state index is 0.479. The normalized spacial score (nSPS) is 15.7. The van der Waals surface area contributed by atoms with Crippen LogP contribution in [-0.4, -0.2) is 0 Å². The summed E-state index contributed by atoms with van der Waals surface area (Å²) in [4.78, 5) is 0. The molecule has 3 atom stereocenters. The summed E-state index contributed by atoms with van der Waals surface area (Å²) in [5.41, 5.74) is 5.67. The molecule has 0 saturated heterocycles. The summed E-state index contributed by atoms with van der Waals surface area (Å²) in [5.74, 6) is 2.34. The fraction of sp³-hybridized carbons (Fsp3) is 0.625. The Bertz CT molecular complexity index is 713. The van der Waals surface area contributed by atoms with E-state index >= 15 is 0 Å². The zero-order chi connectivity index (χ0) is 24.1. The molecular weight excluding hydrogens is 384 g/mol. The highest BCUT2D eigenvalue weighted by molar-refractivity contribution is 5.74. The van der Waals surface area contributed by atoms with Crippen molar-refractivity contribution in [2.45, 2.75) is 113 Å². The Labute approximate surface area is 201 Å². The lowest BCUT2D eigenvalue weighted by atomic mass is 9.72. The molecule has 1 aromatic rings. The molecule has 1 rings (SSSR count). The van der Waals surface area contributed by atoms with E-state index in [9.17, 15) is 0 Å². The second-order valence-corrected chi connectivity index (χ2v) is 10.7. The van der Waals surface area contributed by atoms with Crippen molar-refractivity contribution in [3.8, 4) is 0 Å². The van der Waals surface area contributed by atoms with Crippen molar-refractivity contribution < 1.29 is 0 Å². The molecule has 0 heteroatoms. The second kappa shape index (κ2) is 14.6. The van der Waals surface area contributed by atoms with Crippen LogP contribution in [0.1, 0.15) is 124 Å². The molecule has 0 heterocycles. The van der Waals surface area contributed by atoms with E-state index in [1.54, 1.807) is 0 Å². The van der Waals surface area contributed by atoms with E-state index in [1.807, 2.05) is 6.92 Å². The molecule has 180 valence electrons. The minimum atomic E-state index is 0.479. The van der Waals surface area contributed by atoms with Crippen LogP contribution in [0, 0.1) is 17.3 Å². The van der Waals surface area contributed by atoms with E-state index < -0.39 is 0 Å². The van der Waals surface area contributed by atoms with Gasteiger partial charge in [-0.1, -0.05) is 129 Å². The third-order valence-electron chi connectivity index (χ3n) is 7.70. The third kappa shape index (κ3) is 9.51. The summed E-state index contributed by atoms with van der Waals surface area (Å²) in [7, 11) is 0. The summed E-state index contributed by atoms with van der Waals surface area (Å²) in [6, 6.07) is 9.35. The summed E-state index contributed by atoms with van der Waals surface area (Å²) >= 11 is 0. The number of rotatable bonds is 15. The summed E-state index contributed by atoms with van der Waals surface area (Å²) < 4.78 is 0. The number of hydrogen-bond donors (Lipinski definition) is 0.